The molecule has 0 spiro atoms. The molecule has 0 unspecified atom stereocenters. The highest BCUT2D eigenvalue weighted by molar-refractivity contribution is 5.73. The largest absolute Gasteiger partial charge is 0.493 e. The highest BCUT2D eigenvalue weighted by Gasteiger charge is 2.20. The van der Waals surface area contributed by atoms with E-state index in [2.05, 4.69) is 25.5 Å². The first-order chi connectivity index (χ1) is 15.6. The number of benzene rings is 1. The van der Waals surface area contributed by atoms with Crippen molar-refractivity contribution in [3.63, 3.8) is 0 Å². The summed E-state index contributed by atoms with van der Waals surface area (Å²) in [5.41, 5.74) is 2.25. The highest BCUT2D eigenvalue weighted by atomic mass is 19.1. The fourth-order valence-corrected chi connectivity index (χ4v) is 3.21. The van der Waals surface area contributed by atoms with E-state index < -0.39 is 17.3 Å². The number of halogens is 2. The van der Waals surface area contributed by atoms with Crippen molar-refractivity contribution in [3.8, 4) is 22.8 Å². The lowest BCUT2D eigenvalue weighted by molar-refractivity contribution is 0.359. The maximum Gasteiger partial charge on any atom is 0.193 e. The number of aromatic nitrogens is 5. The van der Waals surface area contributed by atoms with Gasteiger partial charge in [0.05, 0.1) is 32.3 Å². The molecule has 0 atom stereocenters. The molecule has 4 rings (SSSR count). The van der Waals surface area contributed by atoms with E-state index in [-0.39, 0.29) is 11.5 Å². The molecule has 4 aromatic rings. The Bertz CT molecular complexity index is 1290. The molecule has 0 fully saturated rings. The average Bonchev–Trinajstić information content (AvgIpc) is 3.35. The Kier molecular flexibility index (Phi) is 6.08. The Labute approximate surface area is 181 Å². The van der Waals surface area contributed by atoms with Gasteiger partial charge in [-0.05, 0) is 19.2 Å². The second-order valence-corrected chi connectivity index (χ2v) is 6.77. The monoisotopic (exact) mass is 441 g/mol. The summed E-state index contributed by atoms with van der Waals surface area (Å²) in [7, 11) is 4.38. The number of hydrogen-bond donors (Lipinski definition) is 2. The van der Waals surface area contributed by atoms with Crippen LogP contribution in [0.5, 0.6) is 11.5 Å². The van der Waals surface area contributed by atoms with Crippen LogP contribution in [0.3, 0.4) is 0 Å². The molecule has 0 aliphatic heterocycles. The van der Waals surface area contributed by atoms with Crippen molar-refractivity contribution in [1.82, 2.24) is 30.0 Å². The van der Waals surface area contributed by atoms with E-state index in [1.807, 2.05) is 0 Å². The lowest BCUT2D eigenvalue weighted by Crippen LogP contribution is -2.27. The van der Waals surface area contributed by atoms with Crippen LogP contribution in [0, 0.1) is 11.6 Å². The molecule has 0 saturated carbocycles. The van der Waals surface area contributed by atoms with Gasteiger partial charge >= 0.3 is 0 Å². The molecule has 0 saturated heterocycles. The van der Waals surface area contributed by atoms with Gasteiger partial charge in [0.25, 0.3) is 0 Å². The molecule has 166 valence electrons. The molecule has 0 aliphatic carbocycles. The predicted molar refractivity (Wildman–Crippen MR) is 114 cm³/mol. The molecule has 3 heterocycles. The zero-order chi connectivity index (χ0) is 22.7. The maximum atomic E-state index is 14.9. The quantitative estimate of drug-likeness (QED) is 0.457. The van der Waals surface area contributed by atoms with Crippen LogP contribution in [0.15, 0.2) is 41.8 Å². The number of ether oxygens (including phenoxy) is 2. The lowest BCUT2D eigenvalue weighted by atomic mass is 10.2. The van der Waals surface area contributed by atoms with Gasteiger partial charge in [0.2, 0.25) is 0 Å². The van der Waals surface area contributed by atoms with Gasteiger partial charge in [0, 0.05) is 30.9 Å². The lowest BCUT2D eigenvalue weighted by Gasteiger charge is -2.13. The zero-order valence-electron chi connectivity index (χ0n) is 17.7. The summed E-state index contributed by atoms with van der Waals surface area (Å²) in [5.74, 6) is -2.20. The zero-order valence-corrected chi connectivity index (χ0v) is 17.7. The number of nitrogens with one attached hydrogen (secondary N) is 2. The van der Waals surface area contributed by atoms with Gasteiger partial charge in [-0.3, -0.25) is 10.1 Å². The second-order valence-electron chi connectivity index (χ2n) is 6.77. The summed E-state index contributed by atoms with van der Waals surface area (Å²) in [6.45, 7) is 0.997. The number of aromatic amines is 1. The third kappa shape index (κ3) is 3.89. The smallest absolute Gasteiger partial charge is 0.193 e. The number of nitrogens with zero attached hydrogens (tertiary/aromatic N) is 5. The van der Waals surface area contributed by atoms with Crippen LogP contribution in [-0.2, 0) is 6.54 Å². The van der Waals surface area contributed by atoms with E-state index in [4.69, 9.17) is 14.5 Å². The van der Waals surface area contributed by atoms with Gasteiger partial charge in [0.1, 0.15) is 16.7 Å². The van der Waals surface area contributed by atoms with Gasteiger partial charge in [-0.2, -0.15) is 5.10 Å². The first kappa shape index (κ1) is 21.4. The molecule has 11 heteroatoms. The highest BCUT2D eigenvalue weighted by Crippen LogP contribution is 2.36. The van der Waals surface area contributed by atoms with Crippen molar-refractivity contribution < 1.29 is 18.3 Å². The van der Waals surface area contributed by atoms with Crippen molar-refractivity contribution in [2.75, 3.05) is 27.8 Å². The summed E-state index contributed by atoms with van der Waals surface area (Å²) in [6.07, 6.45) is 4.98. The minimum absolute atomic E-state index is 0.174. The molecule has 3 aromatic heterocycles. The van der Waals surface area contributed by atoms with Crippen molar-refractivity contribution in [2.24, 2.45) is 4.99 Å². The molecule has 0 aliphatic rings. The van der Waals surface area contributed by atoms with Crippen LogP contribution >= 0.6 is 0 Å². The molecular formula is C21H21F2N7O2. The van der Waals surface area contributed by atoms with Crippen molar-refractivity contribution in [2.45, 2.75) is 6.54 Å². The first-order valence-electron chi connectivity index (χ1n) is 9.72. The minimum Gasteiger partial charge on any atom is -0.493 e. The topological polar surface area (TPSA) is 102 Å². The van der Waals surface area contributed by atoms with E-state index >= 15 is 0 Å². The standard InChI is InChI=1S/C21H21F2N7O2/c1-24-6-7-30-17(29-20-18(22)15(31-2)8-16(32-3)19(20)23)5-4-13-21(30)28-14(11-25-13)12-9-26-27-10-12/h4-5,8-11,24H,6-7H2,1-3H3,(H,26,27). The fourth-order valence-electron chi connectivity index (χ4n) is 3.21. The van der Waals surface area contributed by atoms with Crippen LogP contribution in [0.4, 0.5) is 14.5 Å². The number of hydrogen-bond acceptors (Lipinski definition) is 7. The normalized spacial score (nSPS) is 11.8. The summed E-state index contributed by atoms with van der Waals surface area (Å²) in [4.78, 5) is 13.5. The Morgan fingerprint density at radius 1 is 1.12 bits per heavy atom. The van der Waals surface area contributed by atoms with E-state index in [0.29, 0.717) is 35.4 Å². The third-order valence-corrected chi connectivity index (χ3v) is 4.86. The molecule has 9 nitrogen and oxygen atoms in total. The SMILES string of the molecule is CNCCn1c(=Nc2c(F)c(OC)cc(OC)c2F)ccc2ncc(-c3cn[nH]c3)nc21. The van der Waals surface area contributed by atoms with E-state index in [1.54, 1.807) is 42.3 Å². The van der Waals surface area contributed by atoms with E-state index in [0.717, 1.165) is 11.6 Å². The summed E-state index contributed by atoms with van der Waals surface area (Å²) >= 11 is 0. The van der Waals surface area contributed by atoms with E-state index in [9.17, 15) is 8.78 Å². The predicted octanol–water partition coefficient (Wildman–Crippen LogP) is 2.57. The molecule has 0 radical (unpaired) electrons. The Hall–Kier alpha value is -3.86. The van der Waals surface area contributed by atoms with Crippen molar-refractivity contribution in [1.29, 1.82) is 0 Å². The number of fused-ring (bicyclic) bond motifs is 1. The summed E-state index contributed by atoms with van der Waals surface area (Å²) in [5, 5.41) is 9.74. The summed E-state index contributed by atoms with van der Waals surface area (Å²) < 4.78 is 41.6. The second kappa shape index (κ2) is 9.10. The van der Waals surface area contributed by atoms with Crippen LogP contribution in [0.1, 0.15) is 0 Å². The summed E-state index contributed by atoms with van der Waals surface area (Å²) in [6, 6.07) is 4.47. The van der Waals surface area contributed by atoms with E-state index in [1.165, 1.54) is 14.2 Å². The van der Waals surface area contributed by atoms with Gasteiger partial charge in [-0.15, -0.1) is 0 Å². The first-order valence-corrected chi connectivity index (χ1v) is 9.72. The Balaban J connectivity index is 1.99. The number of pyridine rings is 1. The Morgan fingerprint density at radius 2 is 1.88 bits per heavy atom. The fraction of sp³-hybridized carbons (Fsp3) is 0.238. The molecule has 0 bridgehead atoms. The molecule has 1 aromatic carbocycles. The van der Waals surface area contributed by atoms with Crippen molar-refractivity contribution >= 4 is 16.9 Å². The van der Waals surface area contributed by atoms with Crippen LogP contribution < -0.4 is 20.3 Å². The van der Waals surface area contributed by atoms with Crippen LogP contribution in [-0.4, -0.2) is 52.5 Å². The van der Waals surface area contributed by atoms with Gasteiger partial charge in [0.15, 0.2) is 28.8 Å². The third-order valence-electron chi connectivity index (χ3n) is 4.86. The molecule has 2 N–H and O–H groups in total. The van der Waals surface area contributed by atoms with Gasteiger partial charge < -0.3 is 19.4 Å². The molecule has 0 amide bonds. The average molecular weight is 441 g/mol. The van der Waals surface area contributed by atoms with Gasteiger partial charge in [-0.1, -0.05) is 0 Å². The van der Waals surface area contributed by atoms with Gasteiger partial charge in [-0.25, -0.2) is 18.8 Å². The molecule has 32 heavy (non-hydrogen) atoms. The number of likely N-dealkylation sites (N-methyl/N-ethyl adjacent to an activating group) is 1. The van der Waals surface area contributed by atoms with Crippen LogP contribution in [0.25, 0.3) is 22.4 Å². The number of rotatable bonds is 7. The minimum atomic E-state index is -0.927. The van der Waals surface area contributed by atoms with Crippen molar-refractivity contribution in [3.05, 3.63) is 53.9 Å². The number of methoxy groups -OCH3 is 2. The Morgan fingerprint density at radius 3 is 2.50 bits per heavy atom. The van der Waals surface area contributed by atoms with Crippen LogP contribution in [0.2, 0.25) is 0 Å². The number of H-pyrrole nitrogens is 1. The maximum absolute atomic E-state index is 14.9. The molecular weight excluding hydrogens is 420 g/mol.